The number of hydrogen-bond donors (Lipinski definition) is 1. The summed E-state index contributed by atoms with van der Waals surface area (Å²) >= 11 is 1.87. The van der Waals surface area contributed by atoms with Crippen molar-refractivity contribution in [1.29, 1.82) is 0 Å². The molecule has 3 rings (SSSR count). The predicted octanol–water partition coefficient (Wildman–Crippen LogP) is 4.97. The first-order valence-electron chi connectivity index (χ1n) is 7.53. The van der Waals surface area contributed by atoms with E-state index < -0.39 is 0 Å². The quantitative estimate of drug-likeness (QED) is 0.701. The van der Waals surface area contributed by atoms with Crippen LogP contribution in [-0.2, 0) is 12.8 Å². The molecule has 1 N–H and O–H groups in total. The number of thiophene rings is 1. The van der Waals surface area contributed by atoms with Crippen molar-refractivity contribution < 1.29 is 0 Å². The topological polar surface area (TPSA) is 12.0 Å². The molecule has 0 saturated heterocycles. The van der Waals surface area contributed by atoms with Crippen LogP contribution in [0.4, 0.5) is 0 Å². The van der Waals surface area contributed by atoms with Gasteiger partial charge in [-0.1, -0.05) is 49.4 Å². The van der Waals surface area contributed by atoms with Crippen LogP contribution in [0.25, 0.3) is 10.8 Å². The van der Waals surface area contributed by atoms with Gasteiger partial charge >= 0.3 is 0 Å². The van der Waals surface area contributed by atoms with Gasteiger partial charge in [0.2, 0.25) is 0 Å². The molecule has 1 heterocycles. The van der Waals surface area contributed by atoms with E-state index in [2.05, 4.69) is 73.2 Å². The highest BCUT2D eigenvalue weighted by Crippen LogP contribution is 2.28. The minimum atomic E-state index is 0.404. The molecule has 0 aliphatic rings. The SMILES string of the molecule is CCc1ccsc1C(Cc1ccc2ccccc2c1)NC. The Labute approximate surface area is 130 Å². The van der Waals surface area contributed by atoms with Gasteiger partial charge < -0.3 is 5.32 Å². The Balaban J connectivity index is 1.88. The van der Waals surface area contributed by atoms with E-state index in [0.717, 1.165) is 12.8 Å². The molecule has 108 valence electrons. The van der Waals surface area contributed by atoms with E-state index in [-0.39, 0.29) is 0 Å². The maximum Gasteiger partial charge on any atom is 0.0456 e. The van der Waals surface area contributed by atoms with Gasteiger partial charge in [-0.15, -0.1) is 11.3 Å². The van der Waals surface area contributed by atoms with Gasteiger partial charge in [0.1, 0.15) is 0 Å². The normalized spacial score (nSPS) is 12.7. The number of aryl methyl sites for hydroxylation is 1. The molecule has 0 saturated carbocycles. The maximum absolute atomic E-state index is 3.49. The third-order valence-corrected chi connectivity index (χ3v) is 5.15. The summed E-state index contributed by atoms with van der Waals surface area (Å²) in [5.41, 5.74) is 2.86. The molecular weight excluding hydrogens is 274 g/mol. The summed E-state index contributed by atoms with van der Waals surface area (Å²) in [4.78, 5) is 1.48. The molecule has 2 heteroatoms. The van der Waals surface area contributed by atoms with Crippen LogP contribution >= 0.6 is 11.3 Å². The number of rotatable bonds is 5. The molecule has 3 aromatic rings. The van der Waals surface area contributed by atoms with Gasteiger partial charge in [-0.05, 0) is 53.2 Å². The predicted molar refractivity (Wildman–Crippen MR) is 93.1 cm³/mol. The van der Waals surface area contributed by atoms with Crippen LogP contribution in [-0.4, -0.2) is 7.05 Å². The summed E-state index contributed by atoms with van der Waals surface area (Å²) in [5, 5.41) is 8.33. The Morgan fingerprint density at radius 1 is 1.05 bits per heavy atom. The monoisotopic (exact) mass is 295 g/mol. The molecule has 0 fully saturated rings. The van der Waals surface area contributed by atoms with E-state index in [1.807, 2.05) is 11.3 Å². The second-order valence-corrected chi connectivity index (χ2v) is 6.34. The smallest absolute Gasteiger partial charge is 0.0456 e. The fraction of sp³-hybridized carbons (Fsp3) is 0.263. The zero-order valence-electron chi connectivity index (χ0n) is 12.6. The fourth-order valence-corrected chi connectivity index (χ4v) is 3.98. The number of likely N-dealkylation sites (N-methyl/N-ethyl adjacent to an activating group) is 1. The molecule has 1 atom stereocenters. The van der Waals surface area contributed by atoms with Crippen molar-refractivity contribution in [2.45, 2.75) is 25.8 Å². The number of fused-ring (bicyclic) bond motifs is 1. The van der Waals surface area contributed by atoms with Gasteiger partial charge in [-0.25, -0.2) is 0 Å². The van der Waals surface area contributed by atoms with E-state index in [9.17, 15) is 0 Å². The van der Waals surface area contributed by atoms with Crippen molar-refractivity contribution in [2.75, 3.05) is 7.05 Å². The molecule has 1 unspecified atom stereocenters. The Bertz CT molecular complexity index is 729. The Morgan fingerprint density at radius 3 is 2.62 bits per heavy atom. The van der Waals surface area contributed by atoms with Crippen molar-refractivity contribution >= 4 is 22.1 Å². The second kappa shape index (κ2) is 6.42. The van der Waals surface area contributed by atoms with Crippen LogP contribution in [0.1, 0.15) is 29.0 Å². The average molecular weight is 295 g/mol. The summed E-state index contributed by atoms with van der Waals surface area (Å²) in [6.07, 6.45) is 2.14. The first kappa shape index (κ1) is 14.3. The third kappa shape index (κ3) is 3.02. The van der Waals surface area contributed by atoms with Crippen molar-refractivity contribution in [3.8, 4) is 0 Å². The molecule has 0 spiro atoms. The zero-order valence-corrected chi connectivity index (χ0v) is 13.4. The molecule has 21 heavy (non-hydrogen) atoms. The van der Waals surface area contributed by atoms with E-state index in [0.29, 0.717) is 6.04 Å². The van der Waals surface area contributed by atoms with Gasteiger partial charge in [0.15, 0.2) is 0 Å². The van der Waals surface area contributed by atoms with Gasteiger partial charge in [-0.2, -0.15) is 0 Å². The largest absolute Gasteiger partial charge is 0.312 e. The number of benzene rings is 2. The molecule has 0 bridgehead atoms. The highest BCUT2D eigenvalue weighted by Gasteiger charge is 2.15. The molecule has 2 aromatic carbocycles. The molecule has 0 aliphatic heterocycles. The van der Waals surface area contributed by atoms with Crippen LogP contribution in [0.15, 0.2) is 53.9 Å². The number of hydrogen-bond acceptors (Lipinski definition) is 2. The Kier molecular flexibility index (Phi) is 4.37. The van der Waals surface area contributed by atoms with E-state index in [1.165, 1.54) is 26.8 Å². The minimum Gasteiger partial charge on any atom is -0.312 e. The van der Waals surface area contributed by atoms with Crippen molar-refractivity contribution in [3.63, 3.8) is 0 Å². The molecule has 1 aromatic heterocycles. The van der Waals surface area contributed by atoms with Crippen LogP contribution < -0.4 is 5.32 Å². The van der Waals surface area contributed by atoms with E-state index in [4.69, 9.17) is 0 Å². The first-order chi connectivity index (χ1) is 10.3. The molecule has 0 aliphatic carbocycles. The molecular formula is C19H21NS. The van der Waals surface area contributed by atoms with Crippen LogP contribution in [0.5, 0.6) is 0 Å². The highest BCUT2D eigenvalue weighted by molar-refractivity contribution is 7.10. The van der Waals surface area contributed by atoms with Crippen LogP contribution in [0.3, 0.4) is 0 Å². The first-order valence-corrected chi connectivity index (χ1v) is 8.41. The second-order valence-electron chi connectivity index (χ2n) is 5.39. The minimum absolute atomic E-state index is 0.404. The van der Waals surface area contributed by atoms with Crippen LogP contribution in [0.2, 0.25) is 0 Å². The summed E-state index contributed by atoms with van der Waals surface area (Å²) in [6.45, 7) is 2.23. The maximum atomic E-state index is 3.49. The summed E-state index contributed by atoms with van der Waals surface area (Å²) in [6, 6.07) is 18.0. The summed E-state index contributed by atoms with van der Waals surface area (Å²) in [5.74, 6) is 0. The zero-order chi connectivity index (χ0) is 14.7. The van der Waals surface area contributed by atoms with Crippen LogP contribution in [0, 0.1) is 0 Å². The summed E-state index contributed by atoms with van der Waals surface area (Å²) < 4.78 is 0. The highest BCUT2D eigenvalue weighted by atomic mass is 32.1. The standard InChI is InChI=1S/C19H21NS/c1-3-15-10-11-21-19(15)18(20-2)13-14-8-9-16-6-4-5-7-17(16)12-14/h4-12,18,20H,3,13H2,1-2H3. The Hall–Kier alpha value is -1.64. The molecule has 1 nitrogen and oxygen atoms in total. The van der Waals surface area contributed by atoms with Gasteiger partial charge in [0.05, 0.1) is 0 Å². The lowest BCUT2D eigenvalue weighted by Crippen LogP contribution is -2.18. The van der Waals surface area contributed by atoms with E-state index >= 15 is 0 Å². The average Bonchev–Trinajstić information content (AvgIpc) is 3.01. The van der Waals surface area contributed by atoms with Crippen molar-refractivity contribution in [2.24, 2.45) is 0 Å². The molecule has 0 radical (unpaired) electrons. The fourth-order valence-electron chi connectivity index (χ4n) is 2.87. The van der Waals surface area contributed by atoms with Crippen molar-refractivity contribution in [3.05, 3.63) is 69.9 Å². The van der Waals surface area contributed by atoms with Gasteiger partial charge in [0, 0.05) is 10.9 Å². The van der Waals surface area contributed by atoms with Gasteiger partial charge in [0.25, 0.3) is 0 Å². The van der Waals surface area contributed by atoms with Crippen molar-refractivity contribution in [1.82, 2.24) is 5.32 Å². The lowest BCUT2D eigenvalue weighted by molar-refractivity contribution is 0.598. The third-order valence-electron chi connectivity index (χ3n) is 4.08. The number of nitrogens with one attached hydrogen (secondary N) is 1. The van der Waals surface area contributed by atoms with E-state index in [1.54, 1.807) is 0 Å². The lowest BCUT2D eigenvalue weighted by atomic mass is 9.99. The summed E-state index contributed by atoms with van der Waals surface area (Å²) in [7, 11) is 2.06. The van der Waals surface area contributed by atoms with Gasteiger partial charge in [-0.3, -0.25) is 0 Å². The Morgan fingerprint density at radius 2 is 1.86 bits per heavy atom. The lowest BCUT2D eigenvalue weighted by Gasteiger charge is -2.17. The molecule has 0 amide bonds.